The summed E-state index contributed by atoms with van der Waals surface area (Å²) in [5.74, 6) is 0.434. The topological polar surface area (TPSA) is 138 Å². The second-order valence-corrected chi connectivity index (χ2v) is 8.14. The molecule has 0 aliphatic heterocycles. The zero-order valence-corrected chi connectivity index (χ0v) is 19.1. The van der Waals surface area contributed by atoms with Crippen molar-refractivity contribution in [3.05, 3.63) is 70.5 Å². The zero-order chi connectivity index (χ0) is 24.8. The van der Waals surface area contributed by atoms with Gasteiger partial charge in [-0.05, 0) is 43.2 Å². The number of methoxy groups -OCH3 is 1. The van der Waals surface area contributed by atoms with E-state index in [1.165, 1.54) is 29.2 Å². The van der Waals surface area contributed by atoms with Crippen LogP contribution in [0.1, 0.15) is 36.0 Å². The Hall–Kier alpha value is -4.41. The van der Waals surface area contributed by atoms with Gasteiger partial charge in [-0.15, -0.1) is 0 Å². The van der Waals surface area contributed by atoms with Crippen LogP contribution in [0.3, 0.4) is 0 Å². The number of hydrogen-bond acceptors (Lipinski definition) is 7. The molecule has 11 nitrogen and oxygen atoms in total. The minimum Gasteiger partial charge on any atom is -0.497 e. The standard InChI is InChI=1S/C24H25N5O6/c1-34-19-7-9-20(10-8-19)35-22-11-6-18(29(32)33)12-21(22)24(31)27-17-13-25-28(14-17)15-23(30)26-16-4-2-3-5-16/h6-14,16H,2-5,15H2,1H3,(H,26,30)(H,27,31). The molecule has 1 saturated carbocycles. The van der Waals surface area contributed by atoms with E-state index in [-0.39, 0.29) is 35.5 Å². The summed E-state index contributed by atoms with van der Waals surface area (Å²) < 4.78 is 12.4. The predicted octanol–water partition coefficient (Wildman–Crippen LogP) is 3.90. The first-order valence-corrected chi connectivity index (χ1v) is 11.1. The highest BCUT2D eigenvalue weighted by Crippen LogP contribution is 2.30. The van der Waals surface area contributed by atoms with Crippen molar-refractivity contribution in [3.63, 3.8) is 0 Å². The summed E-state index contributed by atoms with van der Waals surface area (Å²) in [5.41, 5.74) is 0.0591. The number of nitrogens with one attached hydrogen (secondary N) is 2. The normalized spacial score (nSPS) is 13.3. The van der Waals surface area contributed by atoms with Crippen molar-refractivity contribution < 1.29 is 24.0 Å². The van der Waals surface area contributed by atoms with Crippen molar-refractivity contribution in [1.82, 2.24) is 15.1 Å². The molecule has 0 atom stereocenters. The van der Waals surface area contributed by atoms with Gasteiger partial charge in [0.25, 0.3) is 11.6 Å². The lowest BCUT2D eigenvalue weighted by Gasteiger charge is -2.12. The van der Waals surface area contributed by atoms with Gasteiger partial charge in [0.1, 0.15) is 23.8 Å². The molecule has 11 heteroatoms. The highest BCUT2D eigenvalue weighted by molar-refractivity contribution is 6.06. The summed E-state index contributed by atoms with van der Waals surface area (Å²) >= 11 is 0. The van der Waals surface area contributed by atoms with E-state index in [1.54, 1.807) is 31.4 Å². The number of carbonyl (C=O) groups excluding carboxylic acids is 2. The van der Waals surface area contributed by atoms with Gasteiger partial charge >= 0.3 is 0 Å². The Morgan fingerprint density at radius 3 is 2.54 bits per heavy atom. The van der Waals surface area contributed by atoms with Crippen LogP contribution >= 0.6 is 0 Å². The molecule has 4 rings (SSSR count). The van der Waals surface area contributed by atoms with Gasteiger partial charge in [-0.1, -0.05) is 12.8 Å². The molecule has 1 aromatic heterocycles. The Morgan fingerprint density at radius 2 is 1.86 bits per heavy atom. The van der Waals surface area contributed by atoms with E-state index in [1.807, 2.05) is 0 Å². The minimum atomic E-state index is -0.618. The summed E-state index contributed by atoms with van der Waals surface area (Å²) in [7, 11) is 1.54. The van der Waals surface area contributed by atoms with E-state index in [2.05, 4.69) is 15.7 Å². The molecule has 3 aromatic rings. The second kappa shape index (κ2) is 10.7. The van der Waals surface area contributed by atoms with Crippen molar-refractivity contribution in [1.29, 1.82) is 0 Å². The van der Waals surface area contributed by atoms with Crippen LogP contribution in [0, 0.1) is 10.1 Å². The molecular formula is C24H25N5O6. The molecular weight excluding hydrogens is 454 g/mol. The second-order valence-electron chi connectivity index (χ2n) is 8.14. The number of nitro groups is 1. The fourth-order valence-corrected chi connectivity index (χ4v) is 3.87. The Morgan fingerprint density at radius 1 is 1.14 bits per heavy atom. The number of non-ortho nitro benzene ring substituents is 1. The lowest BCUT2D eigenvalue weighted by molar-refractivity contribution is -0.384. The van der Waals surface area contributed by atoms with Crippen LogP contribution in [-0.2, 0) is 11.3 Å². The third-order valence-corrected chi connectivity index (χ3v) is 5.62. The van der Waals surface area contributed by atoms with E-state index in [0.717, 1.165) is 31.7 Å². The average molecular weight is 479 g/mol. The van der Waals surface area contributed by atoms with Crippen LogP contribution in [0.4, 0.5) is 11.4 Å². The quantitative estimate of drug-likeness (QED) is 0.351. The van der Waals surface area contributed by atoms with Gasteiger partial charge in [0.15, 0.2) is 0 Å². The minimum absolute atomic E-state index is 0.0228. The Bertz CT molecular complexity index is 1220. The highest BCUT2D eigenvalue weighted by atomic mass is 16.6. The van der Waals surface area contributed by atoms with E-state index in [4.69, 9.17) is 9.47 Å². The monoisotopic (exact) mass is 479 g/mol. The molecule has 1 heterocycles. The summed E-state index contributed by atoms with van der Waals surface area (Å²) in [6, 6.07) is 10.7. The molecule has 2 N–H and O–H groups in total. The van der Waals surface area contributed by atoms with Crippen molar-refractivity contribution in [2.24, 2.45) is 0 Å². The van der Waals surface area contributed by atoms with Gasteiger partial charge in [-0.3, -0.25) is 24.4 Å². The fraction of sp³-hybridized carbons (Fsp3) is 0.292. The molecule has 182 valence electrons. The molecule has 0 unspecified atom stereocenters. The van der Waals surface area contributed by atoms with Crippen LogP contribution in [0.5, 0.6) is 17.2 Å². The summed E-state index contributed by atoms with van der Waals surface area (Å²) in [5, 5.41) is 21.0. The summed E-state index contributed by atoms with van der Waals surface area (Å²) in [4.78, 5) is 35.9. The molecule has 2 aromatic carbocycles. The molecule has 2 amide bonds. The molecule has 1 fully saturated rings. The van der Waals surface area contributed by atoms with E-state index in [0.29, 0.717) is 17.2 Å². The Kier molecular flexibility index (Phi) is 7.24. The van der Waals surface area contributed by atoms with Crippen molar-refractivity contribution >= 4 is 23.2 Å². The van der Waals surface area contributed by atoms with Crippen LogP contribution in [-0.4, -0.2) is 39.7 Å². The van der Waals surface area contributed by atoms with Crippen LogP contribution in [0.2, 0.25) is 0 Å². The molecule has 0 saturated heterocycles. The number of ether oxygens (including phenoxy) is 2. The Labute approximate surface area is 201 Å². The zero-order valence-electron chi connectivity index (χ0n) is 19.1. The molecule has 0 radical (unpaired) electrons. The first kappa shape index (κ1) is 23.7. The molecule has 35 heavy (non-hydrogen) atoms. The predicted molar refractivity (Wildman–Crippen MR) is 127 cm³/mol. The SMILES string of the molecule is COc1ccc(Oc2ccc([N+](=O)[O-])cc2C(=O)Nc2cnn(CC(=O)NC3CCCC3)c2)cc1. The number of rotatable bonds is 9. The fourth-order valence-electron chi connectivity index (χ4n) is 3.87. The van der Waals surface area contributed by atoms with Gasteiger partial charge in [0.05, 0.1) is 29.5 Å². The largest absolute Gasteiger partial charge is 0.497 e. The number of benzene rings is 2. The lowest BCUT2D eigenvalue weighted by atomic mass is 10.1. The van der Waals surface area contributed by atoms with Crippen LogP contribution < -0.4 is 20.1 Å². The highest BCUT2D eigenvalue weighted by Gasteiger charge is 2.20. The van der Waals surface area contributed by atoms with Gasteiger partial charge in [0, 0.05) is 24.4 Å². The van der Waals surface area contributed by atoms with Crippen molar-refractivity contribution in [3.8, 4) is 17.2 Å². The number of hydrogen-bond donors (Lipinski definition) is 2. The maximum Gasteiger partial charge on any atom is 0.270 e. The van der Waals surface area contributed by atoms with Gasteiger partial charge in [0.2, 0.25) is 5.91 Å². The molecule has 1 aliphatic carbocycles. The number of anilines is 1. The number of amides is 2. The number of nitrogens with zero attached hydrogens (tertiary/aromatic N) is 3. The van der Waals surface area contributed by atoms with E-state index in [9.17, 15) is 19.7 Å². The third kappa shape index (κ3) is 6.14. The Balaban J connectivity index is 1.47. The van der Waals surface area contributed by atoms with Crippen LogP contribution in [0.25, 0.3) is 0 Å². The average Bonchev–Trinajstić information content (AvgIpc) is 3.51. The maximum atomic E-state index is 13.0. The molecule has 0 spiro atoms. The number of nitro benzene ring substituents is 1. The number of carbonyl (C=O) groups is 2. The van der Waals surface area contributed by atoms with Crippen molar-refractivity contribution in [2.45, 2.75) is 38.3 Å². The van der Waals surface area contributed by atoms with Gasteiger partial charge in [-0.2, -0.15) is 5.10 Å². The third-order valence-electron chi connectivity index (χ3n) is 5.62. The number of aromatic nitrogens is 2. The van der Waals surface area contributed by atoms with Crippen molar-refractivity contribution in [2.75, 3.05) is 12.4 Å². The molecule has 0 bridgehead atoms. The lowest BCUT2D eigenvalue weighted by Crippen LogP contribution is -2.35. The maximum absolute atomic E-state index is 13.0. The van der Waals surface area contributed by atoms with Gasteiger partial charge < -0.3 is 20.1 Å². The van der Waals surface area contributed by atoms with E-state index < -0.39 is 10.8 Å². The summed E-state index contributed by atoms with van der Waals surface area (Å²) in [6.07, 6.45) is 7.12. The van der Waals surface area contributed by atoms with E-state index >= 15 is 0 Å². The van der Waals surface area contributed by atoms with Crippen LogP contribution in [0.15, 0.2) is 54.9 Å². The first-order chi connectivity index (χ1) is 16.9. The summed E-state index contributed by atoms with van der Waals surface area (Å²) in [6.45, 7) is 0.0228. The first-order valence-electron chi connectivity index (χ1n) is 11.1. The smallest absolute Gasteiger partial charge is 0.270 e. The molecule has 1 aliphatic rings. The van der Waals surface area contributed by atoms with Gasteiger partial charge in [-0.25, -0.2) is 0 Å².